The van der Waals surface area contributed by atoms with E-state index >= 15 is 0 Å². The van der Waals surface area contributed by atoms with Crippen molar-refractivity contribution < 1.29 is 18.0 Å². The van der Waals surface area contributed by atoms with Gasteiger partial charge in [0.05, 0.1) is 0 Å². The summed E-state index contributed by atoms with van der Waals surface area (Å²) in [4.78, 5) is 16.4. The van der Waals surface area contributed by atoms with Gasteiger partial charge >= 0.3 is 6.03 Å². The summed E-state index contributed by atoms with van der Waals surface area (Å²) in [5.74, 6) is -1.71. The number of rotatable bonds is 2. The molecule has 2 fully saturated rings. The molecule has 0 saturated carbocycles. The van der Waals surface area contributed by atoms with Crippen LogP contribution in [0, 0.1) is 22.9 Å². The van der Waals surface area contributed by atoms with Gasteiger partial charge in [0.1, 0.15) is 17.5 Å². The molecule has 1 N–H and O–H groups in total. The molecule has 4 rings (SSSR count). The fourth-order valence-electron chi connectivity index (χ4n) is 4.70. The highest BCUT2D eigenvalue weighted by molar-refractivity contribution is 5.89. The van der Waals surface area contributed by atoms with Gasteiger partial charge in [-0.25, -0.2) is 18.0 Å². The average molecular weight is 389 g/mol. The number of carbonyl (C=O) groups excluding carboxylic acids is 1. The standard InChI is InChI=1S/C21H22F3N3O/c1-26-13-21(19(26)14-2-4-15(22)5-3-14)6-8-27(9-7-21)20(28)25-18-11-16(23)10-17(24)12-18/h2-5,10-12,19H,6-9,13H2,1H3,(H,25,28). The quantitative estimate of drug-likeness (QED) is 0.826. The highest BCUT2D eigenvalue weighted by Gasteiger charge is 2.52. The number of nitrogens with zero attached hydrogens (tertiary/aromatic N) is 2. The fourth-order valence-corrected chi connectivity index (χ4v) is 4.70. The number of hydrogen-bond donors (Lipinski definition) is 1. The zero-order valence-corrected chi connectivity index (χ0v) is 15.6. The third-order valence-corrected chi connectivity index (χ3v) is 5.93. The minimum atomic E-state index is -0.729. The van der Waals surface area contributed by atoms with Gasteiger partial charge < -0.3 is 10.2 Å². The monoisotopic (exact) mass is 389 g/mol. The largest absolute Gasteiger partial charge is 0.324 e. The molecule has 2 heterocycles. The first-order chi connectivity index (χ1) is 13.4. The lowest BCUT2D eigenvalue weighted by Gasteiger charge is -2.59. The third kappa shape index (κ3) is 3.46. The van der Waals surface area contributed by atoms with Gasteiger partial charge in [-0.2, -0.15) is 0 Å². The van der Waals surface area contributed by atoms with Crippen LogP contribution < -0.4 is 5.32 Å². The van der Waals surface area contributed by atoms with Crippen molar-refractivity contribution in [2.45, 2.75) is 18.9 Å². The van der Waals surface area contributed by atoms with E-state index in [-0.39, 0.29) is 29.0 Å². The van der Waals surface area contributed by atoms with Gasteiger partial charge in [0.25, 0.3) is 0 Å². The second kappa shape index (κ2) is 7.13. The fraction of sp³-hybridized carbons (Fsp3) is 0.381. The molecule has 0 bridgehead atoms. The Labute approximate surface area is 161 Å². The van der Waals surface area contributed by atoms with Crippen molar-refractivity contribution in [2.24, 2.45) is 5.41 Å². The molecule has 4 nitrogen and oxygen atoms in total. The van der Waals surface area contributed by atoms with Gasteiger partial charge in [0.15, 0.2) is 0 Å². The van der Waals surface area contributed by atoms with Crippen molar-refractivity contribution in [3.63, 3.8) is 0 Å². The summed E-state index contributed by atoms with van der Waals surface area (Å²) in [6, 6.07) is 9.43. The number of amides is 2. The lowest BCUT2D eigenvalue weighted by molar-refractivity contribution is -0.0915. The predicted molar refractivity (Wildman–Crippen MR) is 100 cm³/mol. The second-order valence-corrected chi connectivity index (χ2v) is 7.81. The summed E-state index contributed by atoms with van der Waals surface area (Å²) in [5, 5.41) is 2.57. The van der Waals surface area contributed by atoms with Crippen LogP contribution >= 0.6 is 0 Å². The molecule has 1 atom stereocenters. The summed E-state index contributed by atoms with van der Waals surface area (Å²) in [5.41, 5.74) is 1.26. The highest BCUT2D eigenvalue weighted by Crippen LogP contribution is 2.54. The second-order valence-electron chi connectivity index (χ2n) is 7.81. The SMILES string of the molecule is CN1CC2(CCN(C(=O)Nc3cc(F)cc(F)c3)CC2)C1c1ccc(F)cc1. The average Bonchev–Trinajstić information content (AvgIpc) is 2.63. The van der Waals surface area contributed by atoms with Crippen LogP contribution in [0.15, 0.2) is 42.5 Å². The smallest absolute Gasteiger partial charge is 0.321 e. The van der Waals surface area contributed by atoms with Gasteiger partial charge in [-0.15, -0.1) is 0 Å². The molecule has 1 unspecified atom stereocenters. The van der Waals surface area contributed by atoms with Crippen molar-refractivity contribution in [1.82, 2.24) is 9.80 Å². The van der Waals surface area contributed by atoms with Crippen molar-refractivity contribution in [1.29, 1.82) is 0 Å². The molecular weight excluding hydrogens is 367 g/mol. The number of hydrogen-bond acceptors (Lipinski definition) is 2. The summed E-state index contributed by atoms with van der Waals surface area (Å²) in [6.07, 6.45) is 1.65. The number of piperidine rings is 1. The van der Waals surface area contributed by atoms with Gasteiger partial charge in [-0.3, -0.25) is 4.90 Å². The summed E-state index contributed by atoms with van der Waals surface area (Å²) in [6.45, 7) is 2.06. The van der Waals surface area contributed by atoms with E-state index < -0.39 is 11.6 Å². The molecule has 0 radical (unpaired) electrons. The molecule has 148 valence electrons. The Balaban J connectivity index is 1.41. The Bertz CT molecular complexity index is 859. The summed E-state index contributed by atoms with van der Waals surface area (Å²) >= 11 is 0. The Hall–Kier alpha value is -2.54. The number of urea groups is 1. The number of nitrogens with one attached hydrogen (secondary N) is 1. The molecule has 2 aliphatic heterocycles. The number of carbonyl (C=O) groups is 1. The molecule has 2 saturated heterocycles. The van der Waals surface area contributed by atoms with Gasteiger partial charge in [-0.1, -0.05) is 12.1 Å². The molecule has 2 amide bonds. The maximum Gasteiger partial charge on any atom is 0.321 e. The maximum atomic E-state index is 13.3. The van der Waals surface area contributed by atoms with Crippen LogP contribution in [-0.4, -0.2) is 42.5 Å². The van der Waals surface area contributed by atoms with Gasteiger partial charge in [-0.05, 0) is 49.7 Å². The molecule has 2 aliphatic rings. The topological polar surface area (TPSA) is 35.6 Å². The Morgan fingerprint density at radius 2 is 1.61 bits per heavy atom. The van der Waals surface area contributed by atoms with Crippen LogP contribution in [0.2, 0.25) is 0 Å². The summed E-state index contributed by atoms with van der Waals surface area (Å²) in [7, 11) is 2.05. The Morgan fingerprint density at radius 1 is 1.00 bits per heavy atom. The highest BCUT2D eigenvalue weighted by atomic mass is 19.1. The van der Waals surface area contributed by atoms with E-state index in [0.717, 1.165) is 43.1 Å². The van der Waals surface area contributed by atoms with E-state index in [1.807, 2.05) is 12.1 Å². The Morgan fingerprint density at radius 3 is 2.18 bits per heavy atom. The van der Waals surface area contributed by atoms with Crippen molar-refractivity contribution >= 4 is 11.7 Å². The molecule has 2 aromatic carbocycles. The number of likely N-dealkylation sites (tertiary alicyclic amines) is 2. The van der Waals surface area contributed by atoms with Gasteiger partial charge in [0.2, 0.25) is 0 Å². The zero-order chi connectivity index (χ0) is 19.9. The van der Waals surface area contributed by atoms with E-state index in [9.17, 15) is 18.0 Å². The van der Waals surface area contributed by atoms with Crippen LogP contribution in [0.3, 0.4) is 0 Å². The van der Waals surface area contributed by atoms with Crippen LogP contribution in [0.1, 0.15) is 24.4 Å². The lowest BCUT2D eigenvalue weighted by Crippen LogP contribution is -2.61. The number of benzene rings is 2. The Kier molecular flexibility index (Phi) is 4.79. The van der Waals surface area contributed by atoms with Crippen molar-refractivity contribution in [3.8, 4) is 0 Å². The number of halogens is 3. The molecule has 7 heteroatoms. The van der Waals surface area contributed by atoms with Crippen LogP contribution in [-0.2, 0) is 0 Å². The van der Waals surface area contributed by atoms with E-state index in [1.54, 1.807) is 4.90 Å². The van der Waals surface area contributed by atoms with Crippen molar-refractivity contribution in [3.05, 3.63) is 65.5 Å². The van der Waals surface area contributed by atoms with E-state index in [4.69, 9.17) is 0 Å². The van der Waals surface area contributed by atoms with E-state index in [0.29, 0.717) is 13.1 Å². The predicted octanol–water partition coefficient (Wildman–Crippen LogP) is 4.40. The van der Waals surface area contributed by atoms with Crippen LogP contribution in [0.4, 0.5) is 23.7 Å². The van der Waals surface area contributed by atoms with E-state index in [1.165, 1.54) is 12.1 Å². The first-order valence-corrected chi connectivity index (χ1v) is 9.34. The molecule has 2 aromatic rings. The minimum absolute atomic E-state index is 0.0638. The maximum absolute atomic E-state index is 13.3. The molecule has 0 aromatic heterocycles. The van der Waals surface area contributed by atoms with Gasteiger partial charge in [0, 0.05) is 42.8 Å². The molecule has 0 aliphatic carbocycles. The van der Waals surface area contributed by atoms with Crippen LogP contribution in [0.25, 0.3) is 0 Å². The number of anilines is 1. The zero-order valence-electron chi connectivity index (χ0n) is 15.6. The first kappa shape index (κ1) is 18.8. The lowest BCUT2D eigenvalue weighted by atomic mass is 9.63. The van der Waals surface area contributed by atoms with Crippen LogP contribution in [0.5, 0.6) is 0 Å². The first-order valence-electron chi connectivity index (χ1n) is 9.34. The minimum Gasteiger partial charge on any atom is -0.324 e. The molecule has 28 heavy (non-hydrogen) atoms. The summed E-state index contributed by atoms with van der Waals surface area (Å²) < 4.78 is 39.9. The van der Waals surface area contributed by atoms with Crippen molar-refractivity contribution in [2.75, 3.05) is 32.0 Å². The van der Waals surface area contributed by atoms with E-state index in [2.05, 4.69) is 17.3 Å². The molecular formula is C21H22F3N3O. The molecule has 1 spiro atoms. The third-order valence-electron chi connectivity index (χ3n) is 5.93. The normalized spacial score (nSPS) is 21.4.